The Morgan fingerprint density at radius 1 is 0.968 bits per heavy atom. The molecule has 0 spiro atoms. The molecule has 0 atom stereocenters. The van der Waals surface area contributed by atoms with E-state index in [4.69, 9.17) is 0 Å². The fourth-order valence-electron chi connectivity index (χ4n) is 4.22. The van der Waals surface area contributed by atoms with Crippen molar-refractivity contribution in [2.45, 2.75) is 27.3 Å². The largest absolute Gasteiger partial charge is 0.368 e. The van der Waals surface area contributed by atoms with Gasteiger partial charge in [0.2, 0.25) is 5.91 Å². The van der Waals surface area contributed by atoms with Gasteiger partial charge in [-0.15, -0.1) is 0 Å². The molecule has 1 N–H and O–H groups in total. The van der Waals surface area contributed by atoms with E-state index in [-0.39, 0.29) is 5.91 Å². The molecule has 0 bridgehead atoms. The smallest absolute Gasteiger partial charge is 0.236 e. The molecule has 4 rings (SSSR count). The Morgan fingerprint density at radius 3 is 2.42 bits per heavy atom. The molecule has 2 heterocycles. The van der Waals surface area contributed by atoms with Crippen LogP contribution in [0.1, 0.15) is 22.5 Å². The molecule has 162 valence electrons. The topological polar surface area (TPSA) is 53.4 Å². The third kappa shape index (κ3) is 4.97. The van der Waals surface area contributed by atoms with Gasteiger partial charge in [0, 0.05) is 44.1 Å². The second-order valence-corrected chi connectivity index (χ2v) is 8.29. The normalized spacial score (nSPS) is 14.2. The van der Waals surface area contributed by atoms with Crippen molar-refractivity contribution in [3.8, 4) is 5.69 Å². The summed E-state index contributed by atoms with van der Waals surface area (Å²) < 4.78 is 1.94. The molecule has 31 heavy (non-hydrogen) atoms. The fraction of sp³-hybridized carbons (Fsp3) is 0.360. The van der Waals surface area contributed by atoms with Gasteiger partial charge in [-0.2, -0.15) is 5.10 Å². The van der Waals surface area contributed by atoms with E-state index in [1.54, 1.807) is 0 Å². The van der Waals surface area contributed by atoms with E-state index in [1.165, 1.54) is 16.8 Å². The first-order valence-corrected chi connectivity index (χ1v) is 10.9. The number of aromatic nitrogens is 2. The third-order valence-electron chi connectivity index (χ3n) is 5.85. The number of anilines is 1. The predicted molar refractivity (Wildman–Crippen MR) is 125 cm³/mol. The summed E-state index contributed by atoms with van der Waals surface area (Å²) in [5, 5.41) is 7.94. The van der Waals surface area contributed by atoms with Crippen LogP contribution in [-0.2, 0) is 11.3 Å². The minimum Gasteiger partial charge on any atom is -0.368 e. The van der Waals surface area contributed by atoms with E-state index in [9.17, 15) is 4.79 Å². The molecule has 0 unspecified atom stereocenters. The summed E-state index contributed by atoms with van der Waals surface area (Å²) in [4.78, 5) is 17.0. The van der Waals surface area contributed by atoms with Crippen molar-refractivity contribution < 1.29 is 4.79 Å². The highest BCUT2D eigenvalue weighted by atomic mass is 16.2. The number of piperazine rings is 1. The average Bonchev–Trinajstić information content (AvgIpc) is 3.15. The molecule has 0 radical (unpaired) electrons. The summed E-state index contributed by atoms with van der Waals surface area (Å²) in [6, 6.07) is 18.7. The van der Waals surface area contributed by atoms with Crippen molar-refractivity contribution in [3.05, 3.63) is 77.1 Å². The van der Waals surface area contributed by atoms with Gasteiger partial charge in [0.1, 0.15) is 0 Å². The summed E-state index contributed by atoms with van der Waals surface area (Å²) in [7, 11) is 0. The van der Waals surface area contributed by atoms with Crippen molar-refractivity contribution in [3.63, 3.8) is 0 Å². The molecule has 6 heteroatoms. The summed E-state index contributed by atoms with van der Waals surface area (Å²) >= 11 is 0. The lowest BCUT2D eigenvalue weighted by Crippen LogP contribution is -2.51. The van der Waals surface area contributed by atoms with Crippen LogP contribution in [-0.4, -0.2) is 53.3 Å². The first kappa shape index (κ1) is 21.1. The molecule has 1 aliphatic rings. The van der Waals surface area contributed by atoms with Crippen molar-refractivity contribution >= 4 is 11.6 Å². The monoisotopic (exact) mass is 417 g/mol. The molecular weight excluding hydrogens is 386 g/mol. The van der Waals surface area contributed by atoms with Crippen LogP contribution in [0, 0.1) is 20.8 Å². The standard InChI is InChI=1S/C25H31N5O/c1-19-9-10-24(20(2)15-19)28-11-13-29(14-12-28)25(31)18-26-17-22-16-21(3)30(27-22)23-7-5-4-6-8-23/h4-10,15-16,26H,11-14,17-18H2,1-3H3. The Bertz CT molecular complexity index is 1040. The highest BCUT2D eigenvalue weighted by Gasteiger charge is 2.21. The molecule has 2 aromatic carbocycles. The number of hydrogen-bond acceptors (Lipinski definition) is 4. The van der Waals surface area contributed by atoms with E-state index in [2.05, 4.69) is 53.4 Å². The van der Waals surface area contributed by atoms with Gasteiger partial charge in [0.05, 0.1) is 17.9 Å². The lowest BCUT2D eigenvalue weighted by atomic mass is 10.1. The number of hydrogen-bond donors (Lipinski definition) is 1. The Labute approximate surface area is 184 Å². The van der Waals surface area contributed by atoms with Gasteiger partial charge in [0.15, 0.2) is 0 Å². The van der Waals surface area contributed by atoms with Crippen molar-refractivity contribution in [2.75, 3.05) is 37.6 Å². The molecule has 0 aliphatic carbocycles. The molecule has 1 saturated heterocycles. The Kier molecular flexibility index (Phi) is 6.37. The maximum absolute atomic E-state index is 12.7. The summed E-state index contributed by atoms with van der Waals surface area (Å²) in [6.07, 6.45) is 0. The van der Waals surface area contributed by atoms with E-state index >= 15 is 0 Å². The lowest BCUT2D eigenvalue weighted by Gasteiger charge is -2.37. The Morgan fingerprint density at radius 2 is 1.71 bits per heavy atom. The number of nitrogens with one attached hydrogen (secondary N) is 1. The number of rotatable bonds is 6. The van der Waals surface area contributed by atoms with Gasteiger partial charge >= 0.3 is 0 Å². The first-order chi connectivity index (χ1) is 15.0. The van der Waals surface area contributed by atoms with Crippen LogP contribution in [0.15, 0.2) is 54.6 Å². The van der Waals surface area contributed by atoms with Gasteiger partial charge in [-0.25, -0.2) is 4.68 Å². The van der Waals surface area contributed by atoms with Crippen molar-refractivity contribution in [1.82, 2.24) is 20.0 Å². The predicted octanol–water partition coefficient (Wildman–Crippen LogP) is 3.24. The summed E-state index contributed by atoms with van der Waals surface area (Å²) in [5.41, 5.74) is 6.92. The van der Waals surface area contributed by atoms with Crippen molar-refractivity contribution in [1.29, 1.82) is 0 Å². The molecule has 6 nitrogen and oxygen atoms in total. The molecule has 1 fully saturated rings. The molecule has 3 aromatic rings. The number of nitrogens with zero attached hydrogens (tertiary/aromatic N) is 4. The Hall–Kier alpha value is -3.12. The minimum absolute atomic E-state index is 0.152. The maximum Gasteiger partial charge on any atom is 0.236 e. The SMILES string of the molecule is Cc1ccc(N2CCN(C(=O)CNCc3cc(C)n(-c4ccccc4)n3)CC2)c(C)c1. The highest BCUT2D eigenvalue weighted by Crippen LogP contribution is 2.22. The van der Waals surface area contributed by atoms with E-state index < -0.39 is 0 Å². The fourth-order valence-corrected chi connectivity index (χ4v) is 4.22. The van der Waals surface area contributed by atoms with E-state index in [0.717, 1.165) is 43.3 Å². The number of amides is 1. The number of carbonyl (C=O) groups is 1. The summed E-state index contributed by atoms with van der Waals surface area (Å²) in [5.74, 6) is 0.152. The van der Waals surface area contributed by atoms with Gasteiger partial charge in [0.25, 0.3) is 0 Å². The lowest BCUT2D eigenvalue weighted by molar-refractivity contribution is -0.130. The molecular formula is C25H31N5O. The van der Waals surface area contributed by atoms with Gasteiger partial charge in [-0.1, -0.05) is 35.9 Å². The maximum atomic E-state index is 12.7. The second kappa shape index (κ2) is 9.35. The second-order valence-electron chi connectivity index (χ2n) is 8.29. The van der Waals surface area contributed by atoms with Crippen molar-refractivity contribution in [2.24, 2.45) is 0 Å². The average molecular weight is 418 g/mol. The molecule has 1 amide bonds. The van der Waals surface area contributed by atoms with Crippen LogP contribution in [0.4, 0.5) is 5.69 Å². The number of carbonyl (C=O) groups excluding carboxylic acids is 1. The van der Waals surface area contributed by atoms with Crippen LogP contribution in [0.3, 0.4) is 0 Å². The summed E-state index contributed by atoms with van der Waals surface area (Å²) in [6.45, 7) is 10.5. The Balaban J connectivity index is 1.26. The zero-order valence-electron chi connectivity index (χ0n) is 18.6. The van der Waals surface area contributed by atoms with E-state index in [1.807, 2.05) is 46.8 Å². The highest BCUT2D eigenvalue weighted by molar-refractivity contribution is 5.78. The number of para-hydroxylation sites is 1. The quantitative estimate of drug-likeness (QED) is 0.669. The molecule has 0 saturated carbocycles. The molecule has 1 aliphatic heterocycles. The van der Waals surface area contributed by atoms with Crippen LogP contribution in [0.5, 0.6) is 0 Å². The number of aryl methyl sites for hydroxylation is 3. The third-order valence-corrected chi connectivity index (χ3v) is 5.85. The van der Waals surface area contributed by atoms with Crippen LogP contribution < -0.4 is 10.2 Å². The zero-order valence-corrected chi connectivity index (χ0v) is 18.6. The van der Waals surface area contributed by atoms with Gasteiger partial charge in [-0.05, 0) is 50.6 Å². The minimum atomic E-state index is 0.152. The number of benzene rings is 2. The molecule has 1 aromatic heterocycles. The van der Waals surface area contributed by atoms with Gasteiger partial charge in [-0.3, -0.25) is 4.79 Å². The zero-order chi connectivity index (χ0) is 21.8. The van der Waals surface area contributed by atoms with Crippen LogP contribution in [0.25, 0.3) is 5.69 Å². The van der Waals surface area contributed by atoms with E-state index in [0.29, 0.717) is 13.1 Å². The first-order valence-electron chi connectivity index (χ1n) is 10.9. The van der Waals surface area contributed by atoms with Crippen LogP contribution in [0.2, 0.25) is 0 Å². The van der Waals surface area contributed by atoms with Gasteiger partial charge < -0.3 is 15.1 Å². The van der Waals surface area contributed by atoms with Crippen LogP contribution >= 0.6 is 0 Å².